The second kappa shape index (κ2) is 14.5. The number of anilines is 4. The molecule has 1 atom stereocenters. The number of benzene rings is 5. The molecular formula is C37H34N4O6. The van der Waals surface area contributed by atoms with Crippen LogP contribution in [0.5, 0.6) is 34.5 Å². The molecule has 9 N–H and O–H groups in total. The molecule has 0 bridgehead atoms. The molecule has 1 aliphatic rings. The summed E-state index contributed by atoms with van der Waals surface area (Å²) < 4.78 is 23.1. The van der Waals surface area contributed by atoms with E-state index in [4.69, 9.17) is 41.9 Å². The fraction of sp³-hybridized carbons (Fsp3) is 0.0541. The van der Waals surface area contributed by atoms with Gasteiger partial charge in [-0.1, -0.05) is 12.1 Å². The number of ether oxygens (including phenoxy) is 4. The highest BCUT2D eigenvalue weighted by Crippen LogP contribution is 2.32. The van der Waals surface area contributed by atoms with Crippen LogP contribution in [0.2, 0.25) is 0 Å². The number of hydrogen-bond donors (Lipinski definition) is 5. The highest BCUT2D eigenvalue weighted by Gasteiger charge is 2.41. The van der Waals surface area contributed by atoms with Gasteiger partial charge in [0.2, 0.25) is 5.60 Å². The Kier molecular flexibility index (Phi) is 9.82. The molecule has 0 aliphatic heterocycles. The maximum atomic E-state index is 11.9. The second-order valence-corrected chi connectivity index (χ2v) is 10.5. The number of hydrogen-bond acceptors (Lipinski definition) is 9. The van der Waals surface area contributed by atoms with Crippen LogP contribution < -0.4 is 41.9 Å². The van der Waals surface area contributed by atoms with Gasteiger partial charge in [-0.05, 0) is 121 Å². The van der Waals surface area contributed by atoms with Crippen LogP contribution in [0, 0.1) is 0 Å². The lowest BCUT2D eigenvalue weighted by atomic mass is 9.93. The molecule has 6 rings (SSSR count). The summed E-state index contributed by atoms with van der Waals surface area (Å²) in [5.41, 5.74) is 23.7. The van der Waals surface area contributed by atoms with E-state index in [2.05, 4.69) is 0 Å². The molecule has 47 heavy (non-hydrogen) atoms. The maximum Gasteiger partial charge on any atom is 0.352 e. The van der Waals surface area contributed by atoms with Crippen molar-refractivity contribution in [1.82, 2.24) is 0 Å². The Morgan fingerprint density at radius 3 is 1.38 bits per heavy atom. The van der Waals surface area contributed by atoms with Crippen LogP contribution in [0.3, 0.4) is 0 Å². The number of nitrogens with two attached hydrogens (primary N) is 4. The third-order valence-electron chi connectivity index (χ3n) is 6.79. The Morgan fingerprint density at radius 2 is 0.957 bits per heavy atom. The number of carboxylic acids is 1. The van der Waals surface area contributed by atoms with Crippen LogP contribution in [-0.4, -0.2) is 16.7 Å². The zero-order chi connectivity index (χ0) is 33.2. The molecule has 1 unspecified atom stereocenters. The fourth-order valence-corrected chi connectivity index (χ4v) is 4.40. The SMILES string of the molecule is Nc1ccc(OC2=CC=CC(Oc3ccc(N)cc3)(C(=O)O)C2)cc1.Nc1ccc(Oc2cccc(Oc3ccc(N)cc3)c2)cc1. The summed E-state index contributed by atoms with van der Waals surface area (Å²) in [4.78, 5) is 11.9. The van der Waals surface area contributed by atoms with Crippen molar-refractivity contribution in [2.45, 2.75) is 12.0 Å². The molecule has 10 nitrogen and oxygen atoms in total. The standard InChI is InChI=1S/C19H18N2O4.C18H16N2O2/c20-13-3-7-15(8-4-13)24-17-2-1-11-19(12-17,18(22)23)25-16-9-5-14(21)6-10-16;19-13-4-8-15(9-5-13)21-17-2-1-3-18(12-17)22-16-10-6-14(20)7-11-16/h1-11H,12,20-21H2,(H,22,23);1-12H,19-20H2. The molecule has 0 heterocycles. The summed E-state index contributed by atoms with van der Waals surface area (Å²) in [6.45, 7) is 0. The number of aliphatic carboxylic acids is 1. The third-order valence-corrected chi connectivity index (χ3v) is 6.79. The molecule has 5 aromatic rings. The summed E-state index contributed by atoms with van der Waals surface area (Å²) in [5.74, 6) is 3.18. The van der Waals surface area contributed by atoms with Crippen molar-refractivity contribution in [3.8, 4) is 34.5 Å². The normalized spacial score (nSPS) is 14.9. The number of rotatable bonds is 9. The minimum atomic E-state index is -1.55. The fourth-order valence-electron chi connectivity index (χ4n) is 4.40. The van der Waals surface area contributed by atoms with E-state index in [1.165, 1.54) is 6.08 Å². The largest absolute Gasteiger partial charge is 0.478 e. The summed E-state index contributed by atoms with van der Waals surface area (Å²) in [7, 11) is 0. The first-order valence-corrected chi connectivity index (χ1v) is 14.5. The van der Waals surface area contributed by atoms with Gasteiger partial charge in [-0.3, -0.25) is 0 Å². The van der Waals surface area contributed by atoms with E-state index in [0.717, 1.165) is 11.5 Å². The Bertz CT molecular complexity index is 1790. The van der Waals surface area contributed by atoms with Crippen LogP contribution >= 0.6 is 0 Å². The van der Waals surface area contributed by atoms with E-state index >= 15 is 0 Å². The first-order valence-electron chi connectivity index (χ1n) is 14.5. The summed E-state index contributed by atoms with van der Waals surface area (Å²) in [6, 6.07) is 35.3. The van der Waals surface area contributed by atoms with E-state index in [1.807, 2.05) is 48.5 Å². The zero-order valence-corrected chi connectivity index (χ0v) is 25.3. The van der Waals surface area contributed by atoms with Gasteiger partial charge < -0.3 is 47.0 Å². The Morgan fingerprint density at radius 1 is 0.553 bits per heavy atom. The van der Waals surface area contributed by atoms with Gasteiger partial charge in [0.05, 0.1) is 6.42 Å². The molecule has 0 aromatic heterocycles. The lowest BCUT2D eigenvalue weighted by molar-refractivity contribution is -0.151. The van der Waals surface area contributed by atoms with Gasteiger partial charge in [0.25, 0.3) is 0 Å². The highest BCUT2D eigenvalue weighted by molar-refractivity contribution is 5.81. The van der Waals surface area contributed by atoms with E-state index in [-0.39, 0.29) is 6.42 Å². The Balaban J connectivity index is 0.000000186. The molecule has 5 aromatic carbocycles. The number of nitrogen functional groups attached to an aromatic ring is 4. The minimum Gasteiger partial charge on any atom is -0.478 e. The van der Waals surface area contributed by atoms with E-state index in [0.29, 0.717) is 51.5 Å². The molecule has 10 heteroatoms. The van der Waals surface area contributed by atoms with Gasteiger partial charge >= 0.3 is 5.97 Å². The first kappa shape index (κ1) is 31.9. The molecule has 0 fully saturated rings. The van der Waals surface area contributed by atoms with Crippen molar-refractivity contribution < 1.29 is 28.8 Å². The molecule has 0 spiro atoms. The summed E-state index contributed by atoms with van der Waals surface area (Å²) in [5, 5.41) is 9.72. The van der Waals surface area contributed by atoms with Gasteiger partial charge in [-0.25, -0.2) is 4.79 Å². The van der Waals surface area contributed by atoms with Crippen LogP contribution in [0.15, 0.2) is 145 Å². The molecule has 0 saturated heterocycles. The van der Waals surface area contributed by atoms with Gasteiger partial charge in [-0.15, -0.1) is 0 Å². The topological polar surface area (TPSA) is 178 Å². The molecule has 0 saturated carbocycles. The van der Waals surface area contributed by atoms with Crippen LogP contribution in [0.4, 0.5) is 22.7 Å². The third kappa shape index (κ3) is 8.99. The van der Waals surface area contributed by atoms with Crippen molar-refractivity contribution in [2.24, 2.45) is 0 Å². The minimum absolute atomic E-state index is 0.0492. The number of carboxylic acid groups (broad SMARTS) is 1. The number of carbonyl (C=O) groups is 1. The maximum absolute atomic E-state index is 11.9. The van der Waals surface area contributed by atoms with Crippen molar-refractivity contribution in [3.63, 3.8) is 0 Å². The smallest absolute Gasteiger partial charge is 0.352 e. The van der Waals surface area contributed by atoms with Crippen molar-refractivity contribution >= 4 is 28.7 Å². The second-order valence-electron chi connectivity index (χ2n) is 10.5. The summed E-state index contributed by atoms with van der Waals surface area (Å²) in [6.07, 6.45) is 4.88. The Labute approximate surface area is 272 Å². The lowest BCUT2D eigenvalue weighted by Crippen LogP contribution is -2.44. The van der Waals surface area contributed by atoms with Crippen molar-refractivity contribution in [2.75, 3.05) is 22.9 Å². The molecular weight excluding hydrogens is 596 g/mol. The quantitative estimate of drug-likeness (QED) is 0.103. The van der Waals surface area contributed by atoms with E-state index in [1.54, 1.807) is 84.9 Å². The lowest BCUT2D eigenvalue weighted by Gasteiger charge is -2.30. The van der Waals surface area contributed by atoms with Gasteiger partial charge in [0, 0.05) is 28.8 Å². The average Bonchev–Trinajstić information content (AvgIpc) is 3.06. The van der Waals surface area contributed by atoms with Gasteiger partial charge in [0.15, 0.2) is 0 Å². The molecule has 0 radical (unpaired) electrons. The molecule has 238 valence electrons. The van der Waals surface area contributed by atoms with Crippen LogP contribution in [0.1, 0.15) is 6.42 Å². The van der Waals surface area contributed by atoms with Gasteiger partial charge in [-0.2, -0.15) is 0 Å². The summed E-state index contributed by atoms with van der Waals surface area (Å²) >= 11 is 0. The predicted octanol–water partition coefficient (Wildman–Crippen LogP) is 7.41. The average molecular weight is 631 g/mol. The van der Waals surface area contributed by atoms with Crippen LogP contribution in [0.25, 0.3) is 0 Å². The molecule has 0 amide bonds. The van der Waals surface area contributed by atoms with E-state index < -0.39 is 11.6 Å². The first-order chi connectivity index (χ1) is 22.7. The molecule has 1 aliphatic carbocycles. The Hall–Kier alpha value is -6.55. The van der Waals surface area contributed by atoms with Crippen molar-refractivity contribution in [3.05, 3.63) is 145 Å². The van der Waals surface area contributed by atoms with E-state index in [9.17, 15) is 9.90 Å². The zero-order valence-electron chi connectivity index (χ0n) is 25.3. The highest BCUT2D eigenvalue weighted by atomic mass is 16.5. The van der Waals surface area contributed by atoms with Crippen molar-refractivity contribution in [1.29, 1.82) is 0 Å². The monoisotopic (exact) mass is 630 g/mol. The van der Waals surface area contributed by atoms with Crippen LogP contribution in [-0.2, 0) is 4.79 Å². The number of allylic oxidation sites excluding steroid dienone is 2. The predicted molar refractivity (Wildman–Crippen MR) is 183 cm³/mol. The van der Waals surface area contributed by atoms with Gasteiger partial charge in [0.1, 0.15) is 40.3 Å².